The molecule has 138 valence electrons. The van der Waals surface area contributed by atoms with Gasteiger partial charge in [-0.2, -0.15) is 0 Å². The van der Waals surface area contributed by atoms with Crippen molar-refractivity contribution in [3.63, 3.8) is 0 Å². The predicted molar refractivity (Wildman–Crippen MR) is 93.9 cm³/mol. The monoisotopic (exact) mass is 359 g/mol. The molecule has 1 amide bonds. The number of nitrogens with zero attached hydrogens (tertiary/aromatic N) is 2. The summed E-state index contributed by atoms with van der Waals surface area (Å²) in [7, 11) is 0. The molecule has 1 aliphatic rings. The number of aryl methyl sites for hydroxylation is 1. The first kappa shape index (κ1) is 18.1. The topological polar surface area (TPSA) is 113 Å². The van der Waals surface area contributed by atoms with Crippen LogP contribution in [0.4, 0.5) is 0 Å². The predicted octanol–water partition coefficient (Wildman–Crippen LogP) is 0.948. The molecule has 1 saturated heterocycles. The van der Waals surface area contributed by atoms with Crippen LogP contribution in [0.15, 0.2) is 29.1 Å². The highest BCUT2D eigenvalue weighted by molar-refractivity contribution is 5.78. The van der Waals surface area contributed by atoms with Crippen LogP contribution >= 0.6 is 0 Å². The maximum atomic E-state index is 12.4. The van der Waals surface area contributed by atoms with Crippen molar-refractivity contribution in [1.82, 2.24) is 14.9 Å². The second-order valence-electron chi connectivity index (χ2n) is 6.30. The number of carbonyl (C=O) groups is 2. The number of ether oxygens (including phenoxy) is 1. The number of carboxylic acid groups (broad SMARTS) is 1. The molecule has 8 nitrogen and oxygen atoms in total. The summed E-state index contributed by atoms with van der Waals surface area (Å²) in [6.45, 7) is 1.07. The Labute approximate surface area is 149 Å². The van der Waals surface area contributed by atoms with Crippen LogP contribution in [0.1, 0.15) is 25.1 Å². The molecule has 2 heterocycles. The smallest absolute Gasteiger partial charge is 0.305 e. The average molecular weight is 359 g/mol. The van der Waals surface area contributed by atoms with E-state index < -0.39 is 12.0 Å². The fourth-order valence-electron chi connectivity index (χ4n) is 3.16. The van der Waals surface area contributed by atoms with E-state index in [-0.39, 0.29) is 30.9 Å². The molecule has 1 aromatic heterocycles. The van der Waals surface area contributed by atoms with Crippen LogP contribution < -0.4 is 5.56 Å². The van der Waals surface area contributed by atoms with Gasteiger partial charge in [0.15, 0.2) is 0 Å². The van der Waals surface area contributed by atoms with Gasteiger partial charge in [-0.3, -0.25) is 14.4 Å². The van der Waals surface area contributed by atoms with E-state index in [1.54, 1.807) is 23.1 Å². The number of para-hydroxylation sites is 1. The summed E-state index contributed by atoms with van der Waals surface area (Å²) in [5.74, 6) is -0.496. The molecule has 2 N–H and O–H groups in total. The molecule has 2 aromatic rings. The molecule has 8 heteroatoms. The molecule has 0 radical (unpaired) electrons. The van der Waals surface area contributed by atoms with Gasteiger partial charge in [0.05, 0.1) is 36.6 Å². The second kappa shape index (κ2) is 8.09. The Morgan fingerprint density at radius 1 is 1.35 bits per heavy atom. The number of benzene rings is 1. The summed E-state index contributed by atoms with van der Waals surface area (Å²) in [6.07, 6.45) is 1.15. The highest BCUT2D eigenvalue weighted by Gasteiger charge is 2.28. The number of aromatic amines is 1. The summed E-state index contributed by atoms with van der Waals surface area (Å²) < 4.78 is 5.28. The Morgan fingerprint density at radius 3 is 2.96 bits per heavy atom. The molecule has 1 fully saturated rings. The Bertz CT molecular complexity index is 863. The number of hydrogen-bond donors (Lipinski definition) is 2. The van der Waals surface area contributed by atoms with Crippen LogP contribution in [0, 0.1) is 0 Å². The first-order valence-corrected chi connectivity index (χ1v) is 8.61. The van der Waals surface area contributed by atoms with Gasteiger partial charge < -0.3 is 19.7 Å². The maximum Gasteiger partial charge on any atom is 0.305 e. The minimum Gasteiger partial charge on any atom is -0.481 e. The lowest BCUT2D eigenvalue weighted by Crippen LogP contribution is -2.49. The summed E-state index contributed by atoms with van der Waals surface area (Å²) in [5, 5.41) is 9.51. The number of carbonyl (C=O) groups excluding carboxylic acids is 1. The number of H-pyrrole nitrogens is 1. The summed E-state index contributed by atoms with van der Waals surface area (Å²) in [6, 6.07) is 6.68. The number of aliphatic carboxylic acids is 1. The molecule has 0 spiro atoms. The van der Waals surface area contributed by atoms with Crippen LogP contribution in [0.2, 0.25) is 0 Å². The van der Waals surface area contributed by atoms with Crippen LogP contribution in [0.3, 0.4) is 0 Å². The number of nitrogens with one attached hydrogen (secondary N) is 1. The lowest BCUT2D eigenvalue weighted by molar-refractivity contribution is -0.146. The van der Waals surface area contributed by atoms with Gasteiger partial charge in [0.2, 0.25) is 5.91 Å². The van der Waals surface area contributed by atoms with Crippen molar-refractivity contribution in [1.29, 1.82) is 0 Å². The summed E-state index contributed by atoms with van der Waals surface area (Å²) in [5.41, 5.74) is 0.443. The van der Waals surface area contributed by atoms with Crippen molar-refractivity contribution in [2.75, 3.05) is 19.8 Å². The highest BCUT2D eigenvalue weighted by Crippen LogP contribution is 2.14. The van der Waals surface area contributed by atoms with Crippen molar-refractivity contribution >= 4 is 22.8 Å². The third-order valence-corrected chi connectivity index (χ3v) is 4.42. The molecule has 1 unspecified atom stereocenters. The lowest BCUT2D eigenvalue weighted by atomic mass is 10.1. The van der Waals surface area contributed by atoms with Gasteiger partial charge >= 0.3 is 5.97 Å². The number of carboxylic acids is 1. The molecule has 1 atom stereocenters. The largest absolute Gasteiger partial charge is 0.481 e. The van der Waals surface area contributed by atoms with E-state index in [9.17, 15) is 14.4 Å². The van der Waals surface area contributed by atoms with Gasteiger partial charge in [0.1, 0.15) is 5.82 Å². The van der Waals surface area contributed by atoms with E-state index in [0.717, 1.165) is 0 Å². The molecule has 0 saturated carbocycles. The normalized spacial score (nSPS) is 17.4. The van der Waals surface area contributed by atoms with Crippen molar-refractivity contribution in [3.05, 3.63) is 40.4 Å². The third-order valence-electron chi connectivity index (χ3n) is 4.42. The van der Waals surface area contributed by atoms with E-state index in [2.05, 4.69) is 9.97 Å². The fourth-order valence-corrected chi connectivity index (χ4v) is 3.16. The van der Waals surface area contributed by atoms with Gasteiger partial charge in [-0.15, -0.1) is 0 Å². The molecule has 26 heavy (non-hydrogen) atoms. The SMILES string of the molecule is O=C(O)CC1COCCN1C(=O)CCCc1nc2ccccc2c(=O)[nH]1. The van der Waals surface area contributed by atoms with Crippen molar-refractivity contribution in [2.24, 2.45) is 0 Å². The minimum absolute atomic E-state index is 0.0947. The van der Waals surface area contributed by atoms with E-state index in [4.69, 9.17) is 9.84 Å². The Kier molecular flexibility index (Phi) is 5.62. The summed E-state index contributed by atoms with van der Waals surface area (Å²) in [4.78, 5) is 44.2. The fraction of sp³-hybridized carbons (Fsp3) is 0.444. The van der Waals surface area contributed by atoms with Crippen molar-refractivity contribution in [2.45, 2.75) is 31.7 Å². The minimum atomic E-state index is -0.948. The average Bonchev–Trinajstić information content (AvgIpc) is 2.61. The van der Waals surface area contributed by atoms with Gasteiger partial charge in [-0.05, 0) is 18.6 Å². The number of fused-ring (bicyclic) bond motifs is 1. The van der Waals surface area contributed by atoms with E-state index in [1.807, 2.05) is 6.07 Å². The van der Waals surface area contributed by atoms with Crippen LogP contribution in [0.5, 0.6) is 0 Å². The highest BCUT2D eigenvalue weighted by atomic mass is 16.5. The quantitative estimate of drug-likeness (QED) is 0.794. The number of amides is 1. The van der Waals surface area contributed by atoms with Gasteiger partial charge in [-0.25, -0.2) is 4.98 Å². The van der Waals surface area contributed by atoms with Crippen molar-refractivity contribution < 1.29 is 19.4 Å². The molecule has 0 aliphatic carbocycles. The molecule has 1 aliphatic heterocycles. The number of aromatic nitrogens is 2. The maximum absolute atomic E-state index is 12.4. The Morgan fingerprint density at radius 2 is 2.15 bits per heavy atom. The van der Waals surface area contributed by atoms with E-state index in [0.29, 0.717) is 42.7 Å². The van der Waals surface area contributed by atoms with Gasteiger partial charge in [0, 0.05) is 19.4 Å². The summed E-state index contributed by atoms with van der Waals surface area (Å²) >= 11 is 0. The first-order chi connectivity index (χ1) is 12.5. The van der Waals surface area contributed by atoms with Crippen LogP contribution in [-0.4, -0.2) is 57.7 Å². The zero-order chi connectivity index (χ0) is 18.5. The molecule has 3 rings (SSSR count). The number of morpholine rings is 1. The third kappa shape index (κ3) is 4.26. The molecule has 0 bridgehead atoms. The Hall–Kier alpha value is -2.74. The van der Waals surface area contributed by atoms with Gasteiger partial charge in [-0.1, -0.05) is 12.1 Å². The van der Waals surface area contributed by atoms with Crippen molar-refractivity contribution in [3.8, 4) is 0 Å². The molecular formula is C18H21N3O5. The van der Waals surface area contributed by atoms with E-state index in [1.165, 1.54) is 0 Å². The molecule has 1 aromatic carbocycles. The van der Waals surface area contributed by atoms with Gasteiger partial charge in [0.25, 0.3) is 5.56 Å². The lowest BCUT2D eigenvalue weighted by Gasteiger charge is -2.35. The van der Waals surface area contributed by atoms with E-state index >= 15 is 0 Å². The second-order valence-corrected chi connectivity index (χ2v) is 6.30. The zero-order valence-corrected chi connectivity index (χ0v) is 14.3. The van der Waals surface area contributed by atoms with Crippen LogP contribution in [0.25, 0.3) is 10.9 Å². The number of hydrogen-bond acceptors (Lipinski definition) is 5. The Balaban J connectivity index is 1.59. The standard InChI is InChI=1S/C18H21N3O5/c22-16(21-8-9-26-11-12(21)10-17(23)24)7-3-6-15-19-14-5-2-1-4-13(14)18(25)20-15/h1-2,4-5,12H,3,6-11H2,(H,23,24)(H,19,20,25). The molecular weight excluding hydrogens is 338 g/mol. The van der Waals surface area contributed by atoms with Crippen LogP contribution in [-0.2, 0) is 20.7 Å². The first-order valence-electron chi connectivity index (χ1n) is 8.61. The number of rotatable bonds is 6. The zero-order valence-electron chi connectivity index (χ0n) is 14.3.